The number of likely N-dealkylation sites (tertiary alicyclic amines) is 1. The largest absolute Gasteiger partial charge is 0.492 e. The molecule has 0 aliphatic carbocycles. The molecule has 0 aromatic heterocycles. The molecule has 2 aliphatic heterocycles. The standard InChI is InChI=1S/C20H29BrN2O3/c1-15-13-23(14-16(2)26-15)20(24)17-7-9-22(10-8-17)11-12-25-19-5-3-18(21)4-6-19/h3-6,15-17H,7-14H2,1-2H3/t15-,16+. The summed E-state index contributed by atoms with van der Waals surface area (Å²) < 4.78 is 12.6. The van der Waals surface area contributed by atoms with Gasteiger partial charge in [-0.15, -0.1) is 0 Å². The van der Waals surface area contributed by atoms with Gasteiger partial charge in [0.05, 0.1) is 12.2 Å². The first-order valence-corrected chi connectivity index (χ1v) is 10.4. The minimum atomic E-state index is 0.138. The van der Waals surface area contributed by atoms with Crippen molar-refractivity contribution in [3.8, 4) is 5.75 Å². The highest BCUT2D eigenvalue weighted by atomic mass is 79.9. The Morgan fingerprint density at radius 2 is 1.77 bits per heavy atom. The van der Waals surface area contributed by atoms with Gasteiger partial charge in [0.25, 0.3) is 0 Å². The Morgan fingerprint density at radius 3 is 2.38 bits per heavy atom. The van der Waals surface area contributed by atoms with Crippen LogP contribution in [0.25, 0.3) is 0 Å². The van der Waals surface area contributed by atoms with Gasteiger partial charge in [0.1, 0.15) is 12.4 Å². The van der Waals surface area contributed by atoms with E-state index in [1.807, 2.05) is 43.0 Å². The summed E-state index contributed by atoms with van der Waals surface area (Å²) in [6, 6.07) is 7.91. The van der Waals surface area contributed by atoms with Crippen molar-refractivity contribution in [1.29, 1.82) is 0 Å². The van der Waals surface area contributed by atoms with Gasteiger partial charge in [-0.05, 0) is 64.0 Å². The third-order valence-electron chi connectivity index (χ3n) is 5.16. The van der Waals surface area contributed by atoms with Gasteiger partial charge < -0.3 is 14.4 Å². The Morgan fingerprint density at radius 1 is 1.15 bits per heavy atom. The van der Waals surface area contributed by atoms with Crippen LogP contribution in [0.5, 0.6) is 5.75 Å². The fourth-order valence-corrected chi connectivity index (χ4v) is 4.11. The van der Waals surface area contributed by atoms with Crippen LogP contribution >= 0.6 is 15.9 Å². The van der Waals surface area contributed by atoms with Gasteiger partial charge in [-0.3, -0.25) is 9.69 Å². The van der Waals surface area contributed by atoms with Crippen LogP contribution in [0.2, 0.25) is 0 Å². The van der Waals surface area contributed by atoms with Crippen LogP contribution in [-0.4, -0.2) is 67.2 Å². The lowest BCUT2D eigenvalue weighted by Crippen LogP contribution is -2.51. The lowest BCUT2D eigenvalue weighted by atomic mass is 9.94. The van der Waals surface area contributed by atoms with Crippen molar-refractivity contribution in [3.63, 3.8) is 0 Å². The molecule has 0 saturated carbocycles. The maximum atomic E-state index is 12.8. The molecular formula is C20H29BrN2O3. The number of amides is 1. The molecule has 2 saturated heterocycles. The highest BCUT2D eigenvalue weighted by Gasteiger charge is 2.32. The molecule has 1 amide bonds. The van der Waals surface area contributed by atoms with E-state index in [-0.39, 0.29) is 18.1 Å². The molecule has 26 heavy (non-hydrogen) atoms. The molecule has 2 atom stereocenters. The molecule has 0 bridgehead atoms. The normalized spacial score (nSPS) is 25.3. The molecular weight excluding hydrogens is 396 g/mol. The van der Waals surface area contributed by atoms with Crippen molar-refractivity contribution in [1.82, 2.24) is 9.80 Å². The molecule has 2 aliphatic rings. The summed E-state index contributed by atoms with van der Waals surface area (Å²) in [5.41, 5.74) is 0. The highest BCUT2D eigenvalue weighted by molar-refractivity contribution is 9.10. The molecule has 1 aromatic carbocycles. The zero-order chi connectivity index (χ0) is 18.5. The SMILES string of the molecule is C[C@@H]1CN(C(=O)C2CCN(CCOc3ccc(Br)cc3)CC2)C[C@H](C)O1. The molecule has 0 unspecified atom stereocenters. The maximum Gasteiger partial charge on any atom is 0.225 e. The average molecular weight is 425 g/mol. The van der Waals surface area contributed by atoms with E-state index in [9.17, 15) is 4.79 Å². The highest BCUT2D eigenvalue weighted by Crippen LogP contribution is 2.22. The number of nitrogens with zero attached hydrogens (tertiary/aromatic N) is 2. The van der Waals surface area contributed by atoms with E-state index in [0.29, 0.717) is 12.5 Å². The van der Waals surface area contributed by atoms with Crippen LogP contribution in [0, 0.1) is 5.92 Å². The summed E-state index contributed by atoms with van der Waals surface area (Å²) in [5.74, 6) is 1.38. The molecule has 6 heteroatoms. The van der Waals surface area contributed by atoms with Crippen LogP contribution in [-0.2, 0) is 9.53 Å². The van der Waals surface area contributed by atoms with Crippen molar-refractivity contribution in [3.05, 3.63) is 28.7 Å². The third-order valence-corrected chi connectivity index (χ3v) is 5.69. The van der Waals surface area contributed by atoms with Crippen LogP contribution in [0.15, 0.2) is 28.7 Å². The van der Waals surface area contributed by atoms with Gasteiger partial charge in [0.2, 0.25) is 5.91 Å². The van der Waals surface area contributed by atoms with Crippen LogP contribution in [0.1, 0.15) is 26.7 Å². The minimum Gasteiger partial charge on any atom is -0.492 e. The summed E-state index contributed by atoms with van der Waals surface area (Å²) >= 11 is 3.43. The lowest BCUT2D eigenvalue weighted by molar-refractivity contribution is -0.148. The van der Waals surface area contributed by atoms with Crippen molar-refractivity contribution in [2.45, 2.75) is 38.9 Å². The number of hydrogen-bond donors (Lipinski definition) is 0. The summed E-state index contributed by atoms with van der Waals surface area (Å²) in [6.45, 7) is 9.06. The molecule has 2 heterocycles. The molecule has 0 N–H and O–H groups in total. The predicted molar refractivity (Wildman–Crippen MR) is 105 cm³/mol. The molecule has 3 rings (SSSR count). The van der Waals surface area contributed by atoms with Gasteiger partial charge in [-0.25, -0.2) is 0 Å². The van der Waals surface area contributed by atoms with Crippen LogP contribution < -0.4 is 4.74 Å². The number of benzene rings is 1. The quantitative estimate of drug-likeness (QED) is 0.727. The van der Waals surface area contributed by atoms with E-state index in [1.54, 1.807) is 0 Å². The maximum absolute atomic E-state index is 12.8. The van der Waals surface area contributed by atoms with Crippen LogP contribution in [0.3, 0.4) is 0 Å². The first-order chi connectivity index (χ1) is 12.5. The molecule has 5 nitrogen and oxygen atoms in total. The Hall–Kier alpha value is -1.11. The zero-order valence-corrected chi connectivity index (χ0v) is 17.3. The van der Waals surface area contributed by atoms with Gasteiger partial charge >= 0.3 is 0 Å². The molecule has 1 aromatic rings. The number of piperidine rings is 1. The van der Waals surface area contributed by atoms with Crippen LogP contribution in [0.4, 0.5) is 0 Å². The second-order valence-corrected chi connectivity index (χ2v) is 8.33. The Balaban J connectivity index is 1.38. The first-order valence-electron chi connectivity index (χ1n) is 9.56. The molecule has 144 valence electrons. The van der Waals surface area contributed by atoms with Crippen molar-refractivity contribution in [2.24, 2.45) is 5.92 Å². The lowest BCUT2D eigenvalue weighted by Gasteiger charge is -2.39. The Labute approximate surface area is 164 Å². The van der Waals surface area contributed by atoms with E-state index in [0.717, 1.165) is 55.8 Å². The van der Waals surface area contributed by atoms with Gasteiger partial charge in [0.15, 0.2) is 0 Å². The fourth-order valence-electron chi connectivity index (χ4n) is 3.84. The number of carbonyl (C=O) groups excluding carboxylic acids is 1. The Kier molecular flexibility index (Phi) is 6.95. The minimum absolute atomic E-state index is 0.138. The zero-order valence-electron chi connectivity index (χ0n) is 15.7. The van der Waals surface area contributed by atoms with Crippen molar-refractivity contribution < 1.29 is 14.3 Å². The van der Waals surface area contributed by atoms with Gasteiger partial charge in [-0.2, -0.15) is 0 Å². The third kappa shape index (κ3) is 5.44. The van der Waals surface area contributed by atoms with Gasteiger partial charge in [0, 0.05) is 30.0 Å². The van der Waals surface area contributed by atoms with Gasteiger partial charge in [-0.1, -0.05) is 15.9 Å². The van der Waals surface area contributed by atoms with E-state index >= 15 is 0 Å². The second-order valence-electron chi connectivity index (χ2n) is 7.42. The number of morpholine rings is 1. The second kappa shape index (κ2) is 9.20. The van der Waals surface area contributed by atoms with E-state index < -0.39 is 0 Å². The van der Waals surface area contributed by atoms with E-state index in [1.165, 1.54) is 0 Å². The van der Waals surface area contributed by atoms with Crippen molar-refractivity contribution in [2.75, 3.05) is 39.3 Å². The van der Waals surface area contributed by atoms with E-state index in [4.69, 9.17) is 9.47 Å². The summed E-state index contributed by atoms with van der Waals surface area (Å²) in [7, 11) is 0. The Bertz CT molecular complexity index is 577. The monoisotopic (exact) mass is 424 g/mol. The summed E-state index contributed by atoms with van der Waals surface area (Å²) in [4.78, 5) is 17.2. The number of carbonyl (C=O) groups is 1. The molecule has 0 radical (unpaired) electrons. The topological polar surface area (TPSA) is 42.0 Å². The number of halogens is 1. The molecule has 0 spiro atoms. The molecule has 2 fully saturated rings. The first kappa shape index (κ1) is 19.6. The van der Waals surface area contributed by atoms with E-state index in [2.05, 4.69) is 20.8 Å². The van der Waals surface area contributed by atoms with Crippen molar-refractivity contribution >= 4 is 21.8 Å². The summed E-state index contributed by atoms with van der Waals surface area (Å²) in [6.07, 6.45) is 2.16. The average Bonchev–Trinajstić information content (AvgIpc) is 2.62. The predicted octanol–water partition coefficient (Wildman–Crippen LogP) is 3.18. The number of rotatable bonds is 5. The fraction of sp³-hybridized carbons (Fsp3) is 0.650. The summed E-state index contributed by atoms with van der Waals surface area (Å²) in [5, 5.41) is 0. The smallest absolute Gasteiger partial charge is 0.225 e. The number of ether oxygens (including phenoxy) is 2. The number of hydrogen-bond acceptors (Lipinski definition) is 4.